The molecule has 0 spiro atoms. The number of hydrogen-bond donors (Lipinski definition) is 4. The fourth-order valence-electron chi connectivity index (χ4n) is 2.93. The molecular formula is C22H20N8O4S4. The summed E-state index contributed by atoms with van der Waals surface area (Å²) in [5, 5.41) is 18.7. The fraction of sp³-hybridized carbons (Fsp3) is 0.182. The summed E-state index contributed by atoms with van der Waals surface area (Å²) in [6.07, 6.45) is 0. The number of carbonyl (C=O) groups excluding carboxylic acids is 4. The molecular weight excluding hydrogens is 569 g/mol. The third-order valence-corrected chi connectivity index (χ3v) is 8.61. The predicted molar refractivity (Wildman–Crippen MR) is 146 cm³/mol. The van der Waals surface area contributed by atoms with Crippen LogP contribution in [-0.2, 0) is 9.59 Å². The summed E-state index contributed by atoms with van der Waals surface area (Å²) < 4.78 is 1.35. The zero-order chi connectivity index (χ0) is 27.1. The van der Waals surface area contributed by atoms with E-state index in [2.05, 4.69) is 42.1 Å². The summed E-state index contributed by atoms with van der Waals surface area (Å²) in [5.41, 5.74) is 10.2. The second-order valence-corrected chi connectivity index (χ2v) is 12.3. The molecule has 2 aromatic heterocycles. The van der Waals surface area contributed by atoms with Crippen molar-refractivity contribution in [3.8, 4) is 0 Å². The average Bonchev–Trinajstić information content (AvgIpc) is 3.54. The summed E-state index contributed by atoms with van der Waals surface area (Å²) in [4.78, 5) is 49.0. The van der Waals surface area contributed by atoms with Crippen LogP contribution in [0.4, 0.5) is 0 Å². The van der Waals surface area contributed by atoms with E-state index in [0.717, 1.165) is 20.8 Å². The van der Waals surface area contributed by atoms with Crippen LogP contribution in [0.5, 0.6) is 0 Å². The quantitative estimate of drug-likeness (QED) is 0.177. The number of benzene rings is 2. The van der Waals surface area contributed by atoms with Crippen LogP contribution < -0.4 is 21.7 Å². The zero-order valence-corrected chi connectivity index (χ0v) is 23.2. The minimum Gasteiger partial charge on any atom is -0.272 e. The standard InChI is InChI=1S/C22H20N8O4S4/c1-11-23-29-21(37-11)35-9-17(31)25-27-19(33)15-5-3-14-8-16(6-4-13(14)7-15)20(34)28-26-18(32)10-36-22-30-24-12(2)38-22/h3-8H,9-10H2,1-2H3,(H,25,31)(H,26,32)(H,27,33)(H,28,34). The third-order valence-electron chi connectivity index (χ3n) is 4.66. The molecule has 0 unspecified atom stereocenters. The van der Waals surface area contributed by atoms with Crippen LogP contribution in [-0.4, -0.2) is 55.5 Å². The molecule has 2 heterocycles. The molecule has 196 valence electrons. The number of aryl methyl sites for hydroxylation is 2. The topological polar surface area (TPSA) is 168 Å². The first-order chi connectivity index (χ1) is 18.3. The number of hydrazine groups is 2. The summed E-state index contributed by atoms with van der Waals surface area (Å²) in [6.45, 7) is 3.65. The van der Waals surface area contributed by atoms with E-state index in [-0.39, 0.29) is 23.3 Å². The molecule has 0 saturated carbocycles. The Kier molecular flexibility index (Phi) is 9.22. The van der Waals surface area contributed by atoms with Gasteiger partial charge in [0.1, 0.15) is 10.0 Å². The van der Waals surface area contributed by atoms with Gasteiger partial charge in [0.2, 0.25) is 11.8 Å². The van der Waals surface area contributed by atoms with Crippen LogP contribution in [0.3, 0.4) is 0 Å². The van der Waals surface area contributed by atoms with Crippen molar-refractivity contribution in [2.45, 2.75) is 22.5 Å². The van der Waals surface area contributed by atoms with Crippen molar-refractivity contribution in [1.82, 2.24) is 42.1 Å². The van der Waals surface area contributed by atoms with E-state index in [1.54, 1.807) is 36.4 Å². The van der Waals surface area contributed by atoms with Gasteiger partial charge in [0, 0.05) is 11.1 Å². The molecule has 0 fully saturated rings. The van der Waals surface area contributed by atoms with E-state index in [4.69, 9.17) is 0 Å². The Hall–Kier alpha value is -3.60. The fourth-order valence-corrected chi connectivity index (χ4v) is 6.16. The van der Waals surface area contributed by atoms with Gasteiger partial charge in [0.15, 0.2) is 8.68 Å². The van der Waals surface area contributed by atoms with E-state index in [1.165, 1.54) is 46.2 Å². The molecule has 38 heavy (non-hydrogen) atoms. The number of nitrogens with one attached hydrogen (secondary N) is 4. The van der Waals surface area contributed by atoms with Gasteiger partial charge in [-0.3, -0.25) is 40.9 Å². The average molecular weight is 589 g/mol. The van der Waals surface area contributed by atoms with Crippen LogP contribution in [0.25, 0.3) is 10.8 Å². The highest BCUT2D eigenvalue weighted by Crippen LogP contribution is 2.22. The lowest BCUT2D eigenvalue weighted by molar-refractivity contribution is -0.120. The second-order valence-electron chi connectivity index (χ2n) is 7.53. The number of thioether (sulfide) groups is 2. The molecule has 4 N–H and O–H groups in total. The molecule has 4 amide bonds. The molecule has 0 atom stereocenters. The SMILES string of the molecule is Cc1nnc(SCC(=O)NNC(=O)c2ccc3cc(C(=O)NNC(=O)CSc4nnc(C)s4)ccc3c2)s1. The van der Waals surface area contributed by atoms with Gasteiger partial charge in [-0.05, 0) is 48.9 Å². The van der Waals surface area contributed by atoms with Gasteiger partial charge in [-0.1, -0.05) is 58.3 Å². The van der Waals surface area contributed by atoms with Crippen molar-refractivity contribution in [1.29, 1.82) is 0 Å². The number of amides is 4. The van der Waals surface area contributed by atoms with Crippen molar-refractivity contribution in [3.63, 3.8) is 0 Å². The monoisotopic (exact) mass is 588 g/mol. The number of fused-ring (bicyclic) bond motifs is 1. The van der Waals surface area contributed by atoms with Gasteiger partial charge >= 0.3 is 0 Å². The van der Waals surface area contributed by atoms with Crippen LogP contribution >= 0.6 is 46.2 Å². The zero-order valence-electron chi connectivity index (χ0n) is 19.9. The second kappa shape index (κ2) is 12.8. The first-order valence-electron chi connectivity index (χ1n) is 10.8. The van der Waals surface area contributed by atoms with Crippen molar-refractivity contribution >= 4 is 80.6 Å². The lowest BCUT2D eigenvalue weighted by atomic mass is 10.0. The van der Waals surface area contributed by atoms with Gasteiger partial charge in [0.25, 0.3) is 11.8 Å². The van der Waals surface area contributed by atoms with E-state index >= 15 is 0 Å². The Morgan fingerprint density at radius 3 is 1.45 bits per heavy atom. The maximum atomic E-state index is 12.5. The van der Waals surface area contributed by atoms with Crippen molar-refractivity contribution < 1.29 is 19.2 Å². The summed E-state index contributed by atoms with van der Waals surface area (Å²) in [7, 11) is 0. The minimum atomic E-state index is -0.483. The number of carbonyl (C=O) groups is 4. The molecule has 0 aliphatic heterocycles. The molecule has 0 aliphatic rings. The molecule has 16 heteroatoms. The maximum Gasteiger partial charge on any atom is 0.269 e. The normalized spacial score (nSPS) is 10.7. The van der Waals surface area contributed by atoms with E-state index in [0.29, 0.717) is 19.8 Å². The molecule has 0 aliphatic carbocycles. The number of hydrogen-bond acceptors (Lipinski definition) is 12. The highest BCUT2D eigenvalue weighted by Gasteiger charge is 2.13. The van der Waals surface area contributed by atoms with Gasteiger partial charge in [0.05, 0.1) is 11.5 Å². The van der Waals surface area contributed by atoms with Crippen molar-refractivity contribution in [2.24, 2.45) is 0 Å². The van der Waals surface area contributed by atoms with Crippen LogP contribution in [0.2, 0.25) is 0 Å². The lowest BCUT2D eigenvalue weighted by Gasteiger charge is -2.09. The number of nitrogens with zero attached hydrogens (tertiary/aromatic N) is 4. The molecule has 4 aromatic rings. The van der Waals surface area contributed by atoms with Crippen molar-refractivity contribution in [2.75, 3.05) is 11.5 Å². The van der Waals surface area contributed by atoms with Crippen LogP contribution in [0, 0.1) is 13.8 Å². The van der Waals surface area contributed by atoms with Gasteiger partial charge < -0.3 is 0 Å². The Balaban J connectivity index is 1.25. The first kappa shape index (κ1) is 27.4. The Morgan fingerprint density at radius 2 is 1.08 bits per heavy atom. The first-order valence-corrected chi connectivity index (χ1v) is 14.5. The van der Waals surface area contributed by atoms with Crippen molar-refractivity contribution in [3.05, 3.63) is 57.5 Å². The Morgan fingerprint density at radius 1 is 0.658 bits per heavy atom. The molecule has 0 saturated heterocycles. The van der Waals surface area contributed by atoms with E-state index < -0.39 is 11.8 Å². The van der Waals surface area contributed by atoms with Crippen LogP contribution in [0.1, 0.15) is 30.7 Å². The molecule has 2 aromatic carbocycles. The minimum absolute atomic E-state index is 0.0831. The largest absolute Gasteiger partial charge is 0.272 e. The van der Waals surface area contributed by atoms with E-state index in [9.17, 15) is 19.2 Å². The summed E-state index contributed by atoms with van der Waals surface area (Å²) >= 11 is 5.23. The van der Waals surface area contributed by atoms with Gasteiger partial charge in [-0.25, -0.2) is 0 Å². The van der Waals surface area contributed by atoms with E-state index in [1.807, 2.05) is 13.8 Å². The highest BCUT2D eigenvalue weighted by atomic mass is 32.2. The maximum absolute atomic E-state index is 12.5. The molecule has 4 rings (SSSR count). The summed E-state index contributed by atoms with van der Waals surface area (Å²) in [5.74, 6) is -1.56. The molecule has 0 bridgehead atoms. The lowest BCUT2D eigenvalue weighted by Crippen LogP contribution is -2.42. The van der Waals surface area contributed by atoms with Gasteiger partial charge in [-0.2, -0.15) is 0 Å². The summed E-state index contributed by atoms with van der Waals surface area (Å²) in [6, 6.07) is 9.83. The number of rotatable bonds is 8. The Bertz CT molecular complexity index is 1390. The number of aromatic nitrogens is 4. The third kappa shape index (κ3) is 7.70. The van der Waals surface area contributed by atoms with Crippen LogP contribution in [0.15, 0.2) is 45.1 Å². The van der Waals surface area contributed by atoms with Gasteiger partial charge in [-0.15, -0.1) is 20.4 Å². The smallest absolute Gasteiger partial charge is 0.269 e. The predicted octanol–water partition coefficient (Wildman–Crippen LogP) is 2.27. The highest BCUT2D eigenvalue weighted by molar-refractivity contribution is 8.01. The Labute approximate surface area is 232 Å². The molecule has 12 nitrogen and oxygen atoms in total. The molecule has 0 radical (unpaired) electrons.